The number of fused-ring (bicyclic) bond motifs is 2. The number of piperidine rings is 1. The van der Waals surface area contributed by atoms with Crippen LogP contribution in [0.25, 0.3) is 21.3 Å². The summed E-state index contributed by atoms with van der Waals surface area (Å²) in [6.07, 6.45) is 5.04. The molecule has 11 nitrogen and oxygen atoms in total. The molecule has 1 atom stereocenters. The summed E-state index contributed by atoms with van der Waals surface area (Å²) in [6.45, 7) is 8.07. The normalized spacial score (nSPS) is 17.5. The Bertz CT molecular complexity index is 2230. The first-order valence-corrected chi connectivity index (χ1v) is 19.9. The van der Waals surface area contributed by atoms with Crippen LogP contribution in [0.5, 0.6) is 5.75 Å². The highest BCUT2D eigenvalue weighted by atomic mass is 32.1. The number of hydrogen-bond donors (Lipinski definition) is 2. The number of carboxylic acid groups (broad SMARTS) is 1. The fraction of sp³-hybridized carbons (Fsp3) is 0.372. The molecule has 5 aromatic rings. The molecular weight excluding hydrogens is 715 g/mol. The molecule has 1 amide bonds. The predicted molar refractivity (Wildman–Crippen MR) is 213 cm³/mol. The maximum Gasteiger partial charge on any atom is 0.355 e. The smallest absolute Gasteiger partial charge is 0.355 e. The third-order valence-electron chi connectivity index (χ3n) is 11.6. The number of esters is 1. The number of rotatable bonds is 12. The van der Waals surface area contributed by atoms with Gasteiger partial charge in [0.25, 0.3) is 5.91 Å². The molecule has 1 saturated carbocycles. The van der Waals surface area contributed by atoms with Crippen LogP contribution < -0.4 is 15.0 Å². The third-order valence-corrected chi connectivity index (χ3v) is 12.6. The molecule has 0 bridgehead atoms. The van der Waals surface area contributed by atoms with Crippen molar-refractivity contribution >= 4 is 50.3 Å². The second-order valence-electron chi connectivity index (χ2n) is 14.8. The van der Waals surface area contributed by atoms with E-state index in [1.165, 1.54) is 17.8 Å². The van der Waals surface area contributed by atoms with Gasteiger partial charge in [-0.05, 0) is 129 Å². The Balaban J connectivity index is 0.928. The molecule has 2 aromatic heterocycles. The van der Waals surface area contributed by atoms with Gasteiger partial charge in [0.1, 0.15) is 11.6 Å². The highest BCUT2D eigenvalue weighted by Gasteiger charge is 2.54. The van der Waals surface area contributed by atoms with E-state index in [4.69, 9.17) is 14.5 Å². The molecule has 4 heterocycles. The highest BCUT2D eigenvalue weighted by molar-refractivity contribution is 7.22. The van der Waals surface area contributed by atoms with Gasteiger partial charge in [0, 0.05) is 24.2 Å². The highest BCUT2D eigenvalue weighted by Crippen LogP contribution is 2.60. The molecule has 12 heteroatoms. The fourth-order valence-corrected chi connectivity index (χ4v) is 9.32. The minimum Gasteiger partial charge on any atom is -0.493 e. The lowest BCUT2D eigenvalue weighted by Gasteiger charge is -2.32. The van der Waals surface area contributed by atoms with Crippen LogP contribution in [0.3, 0.4) is 0 Å². The van der Waals surface area contributed by atoms with Crippen molar-refractivity contribution in [3.05, 3.63) is 101 Å². The number of aromatic carboxylic acids is 1. The van der Waals surface area contributed by atoms with E-state index in [9.17, 15) is 19.5 Å². The lowest BCUT2D eigenvalue weighted by Crippen LogP contribution is -2.39. The number of ether oxygens (including phenoxy) is 2. The Morgan fingerprint density at radius 1 is 0.964 bits per heavy atom. The summed E-state index contributed by atoms with van der Waals surface area (Å²) in [6, 6.07) is 23.0. The monoisotopic (exact) mass is 759 g/mol. The summed E-state index contributed by atoms with van der Waals surface area (Å²) >= 11 is 1.44. The number of aromatic nitrogens is 2. The van der Waals surface area contributed by atoms with E-state index in [-0.39, 0.29) is 17.6 Å². The molecule has 2 aliphatic heterocycles. The summed E-state index contributed by atoms with van der Waals surface area (Å²) in [5.74, 6) is 0.412. The molecule has 2 fully saturated rings. The van der Waals surface area contributed by atoms with E-state index in [0.29, 0.717) is 72.7 Å². The van der Waals surface area contributed by atoms with Crippen LogP contribution in [0.2, 0.25) is 0 Å². The number of nitrogens with one attached hydrogen (secondary N) is 1. The average Bonchev–Trinajstić information content (AvgIpc) is 3.68. The molecule has 284 valence electrons. The van der Waals surface area contributed by atoms with E-state index in [1.807, 2.05) is 91.5 Å². The van der Waals surface area contributed by atoms with Crippen molar-refractivity contribution in [2.45, 2.75) is 52.5 Å². The second kappa shape index (κ2) is 15.4. The number of para-hydroxylation sites is 1. The van der Waals surface area contributed by atoms with E-state index in [0.717, 1.165) is 70.6 Å². The van der Waals surface area contributed by atoms with Crippen molar-refractivity contribution < 1.29 is 29.0 Å². The zero-order chi connectivity index (χ0) is 38.1. The number of benzene rings is 3. The predicted octanol–water partition coefficient (Wildman–Crippen LogP) is 7.61. The number of thiazole rings is 1. The first-order valence-electron chi connectivity index (χ1n) is 19.1. The molecule has 3 aromatic carbocycles. The van der Waals surface area contributed by atoms with E-state index >= 15 is 0 Å². The van der Waals surface area contributed by atoms with E-state index in [1.54, 1.807) is 0 Å². The summed E-state index contributed by atoms with van der Waals surface area (Å²) in [5, 5.41) is 13.9. The summed E-state index contributed by atoms with van der Waals surface area (Å²) in [4.78, 5) is 51.7. The number of likely N-dealkylation sites (tertiary alicyclic amines) is 1. The minimum absolute atomic E-state index is 0.0281. The summed E-state index contributed by atoms with van der Waals surface area (Å²) < 4.78 is 12.5. The maximum atomic E-state index is 13.6. The second-order valence-corrected chi connectivity index (χ2v) is 15.9. The lowest BCUT2D eigenvalue weighted by molar-refractivity contribution is -0.144. The largest absolute Gasteiger partial charge is 0.493 e. The van der Waals surface area contributed by atoms with Crippen LogP contribution >= 0.6 is 11.3 Å². The van der Waals surface area contributed by atoms with Crippen LogP contribution in [-0.2, 0) is 22.5 Å². The van der Waals surface area contributed by atoms with Crippen molar-refractivity contribution in [1.29, 1.82) is 0 Å². The summed E-state index contributed by atoms with van der Waals surface area (Å²) in [5.41, 5.74) is 5.89. The molecule has 3 aliphatic rings. The van der Waals surface area contributed by atoms with Crippen molar-refractivity contribution in [3.8, 4) is 16.9 Å². The number of amides is 1. The zero-order valence-corrected chi connectivity index (χ0v) is 32.0. The molecule has 8 rings (SSSR count). The van der Waals surface area contributed by atoms with Gasteiger partial charge in [-0.15, -0.1) is 0 Å². The van der Waals surface area contributed by atoms with Gasteiger partial charge in [0.2, 0.25) is 0 Å². The molecular formula is C43H45N5O6S. The lowest BCUT2D eigenvalue weighted by atomic mass is 9.90. The van der Waals surface area contributed by atoms with Crippen molar-refractivity contribution in [2.24, 2.45) is 11.3 Å². The Kier molecular flexibility index (Phi) is 10.3. The standard InChI is InChI=1S/C43H45N5O6S/c1-3-53-38(49)26-47-21-18-43(19-22-47)24-29(43)17-23-54-35-12-7-9-30(27(35)2)31-14-15-37(45-39(31)41(51)52)48-20-16-28-8-6-10-32(33(28)25-48)40(50)46-42-44-34-11-4-5-13-36(34)55-42/h4-15,29H,3,16-26H2,1-2H3,(H,51,52)(H,44,46,50). The molecule has 0 radical (unpaired) electrons. The van der Waals surface area contributed by atoms with Gasteiger partial charge in [0.05, 0.1) is 30.0 Å². The number of nitrogens with zero attached hydrogens (tertiary/aromatic N) is 4. The van der Waals surface area contributed by atoms with Crippen molar-refractivity contribution in [2.75, 3.05) is 49.6 Å². The molecule has 55 heavy (non-hydrogen) atoms. The van der Waals surface area contributed by atoms with Crippen LogP contribution in [0.15, 0.2) is 72.8 Å². The van der Waals surface area contributed by atoms with Gasteiger partial charge in [-0.2, -0.15) is 0 Å². The number of anilines is 2. The maximum absolute atomic E-state index is 13.6. The number of carboxylic acids is 1. The average molecular weight is 760 g/mol. The Hall–Kier alpha value is -5.33. The molecule has 1 unspecified atom stereocenters. The van der Waals surface area contributed by atoms with Gasteiger partial charge in [-0.3, -0.25) is 19.8 Å². The van der Waals surface area contributed by atoms with E-state index in [2.05, 4.69) is 15.2 Å². The van der Waals surface area contributed by atoms with Crippen LogP contribution in [-0.4, -0.2) is 77.2 Å². The van der Waals surface area contributed by atoms with Gasteiger partial charge >= 0.3 is 11.9 Å². The SMILES string of the molecule is CCOC(=O)CN1CCC2(CC1)CC2CCOc1cccc(-c2ccc(N3CCc4cccc(C(=O)Nc5nc6ccccc6s5)c4C3)nc2C(=O)O)c1C. The van der Waals surface area contributed by atoms with Crippen LogP contribution in [0.4, 0.5) is 10.9 Å². The van der Waals surface area contributed by atoms with Crippen molar-refractivity contribution in [3.63, 3.8) is 0 Å². The summed E-state index contributed by atoms with van der Waals surface area (Å²) in [7, 11) is 0. The Morgan fingerprint density at radius 2 is 1.78 bits per heavy atom. The molecule has 1 aliphatic carbocycles. The van der Waals surface area contributed by atoms with Crippen LogP contribution in [0, 0.1) is 18.3 Å². The topological polar surface area (TPSA) is 134 Å². The fourth-order valence-electron chi connectivity index (χ4n) is 8.46. The van der Waals surface area contributed by atoms with Gasteiger partial charge < -0.3 is 19.5 Å². The minimum atomic E-state index is -1.11. The Morgan fingerprint density at radius 3 is 2.58 bits per heavy atom. The van der Waals surface area contributed by atoms with E-state index < -0.39 is 5.97 Å². The molecule has 1 spiro atoms. The zero-order valence-electron chi connectivity index (χ0n) is 31.2. The molecule has 2 N–H and O–H groups in total. The first kappa shape index (κ1) is 36.6. The number of pyridine rings is 1. The Labute approximate surface area is 324 Å². The van der Waals surface area contributed by atoms with Crippen LogP contribution in [0.1, 0.15) is 70.1 Å². The first-order chi connectivity index (χ1) is 26.7. The number of carbonyl (C=O) groups is 3. The number of hydrogen-bond acceptors (Lipinski definition) is 10. The number of carbonyl (C=O) groups excluding carboxylic acids is 2. The molecule has 1 saturated heterocycles. The van der Waals surface area contributed by atoms with Gasteiger partial charge in [0.15, 0.2) is 10.8 Å². The van der Waals surface area contributed by atoms with Crippen molar-refractivity contribution in [1.82, 2.24) is 14.9 Å². The quantitative estimate of drug-likeness (QED) is 0.122. The van der Waals surface area contributed by atoms with Gasteiger partial charge in [-0.25, -0.2) is 14.8 Å². The van der Waals surface area contributed by atoms with Gasteiger partial charge in [-0.1, -0.05) is 47.7 Å². The third kappa shape index (κ3) is 7.66.